The Morgan fingerprint density at radius 1 is 1.57 bits per heavy atom. The lowest BCUT2D eigenvalue weighted by Crippen LogP contribution is -2.31. The van der Waals surface area contributed by atoms with Crippen LogP contribution in [0.2, 0.25) is 0 Å². The Balaban J connectivity index is 1.75. The van der Waals surface area contributed by atoms with E-state index >= 15 is 0 Å². The summed E-state index contributed by atoms with van der Waals surface area (Å²) in [7, 11) is 1.73. The average Bonchev–Trinajstić information content (AvgIpc) is 3.00. The van der Waals surface area contributed by atoms with Gasteiger partial charge in [0.25, 0.3) is 0 Å². The minimum absolute atomic E-state index is 0.0638. The van der Waals surface area contributed by atoms with Crippen molar-refractivity contribution in [2.24, 2.45) is 0 Å². The van der Waals surface area contributed by atoms with E-state index in [9.17, 15) is 4.79 Å². The van der Waals surface area contributed by atoms with Crippen molar-refractivity contribution in [1.29, 1.82) is 5.26 Å². The third kappa shape index (κ3) is 4.85. The fourth-order valence-corrected chi connectivity index (χ4v) is 2.26. The lowest BCUT2D eigenvalue weighted by molar-refractivity contribution is -0.136. The normalized spacial score (nSPS) is 17.4. The van der Waals surface area contributed by atoms with Crippen LogP contribution in [0.5, 0.6) is 0 Å². The minimum Gasteiger partial charge on any atom is -0.376 e. The highest BCUT2D eigenvalue weighted by molar-refractivity contribution is 5.77. The first kappa shape index (κ1) is 15.5. The third-order valence-electron chi connectivity index (χ3n) is 3.45. The van der Waals surface area contributed by atoms with Gasteiger partial charge in [-0.05, 0) is 30.5 Å². The van der Waals surface area contributed by atoms with E-state index in [-0.39, 0.29) is 18.6 Å². The maximum absolute atomic E-state index is 12.0. The molecule has 1 aliphatic heterocycles. The maximum Gasteiger partial charge on any atom is 0.248 e. The van der Waals surface area contributed by atoms with Crippen LogP contribution in [0.25, 0.3) is 0 Å². The van der Waals surface area contributed by atoms with Gasteiger partial charge in [0.2, 0.25) is 5.91 Å². The highest BCUT2D eigenvalue weighted by atomic mass is 16.5. The second-order valence-corrected chi connectivity index (χ2v) is 5.21. The van der Waals surface area contributed by atoms with Crippen molar-refractivity contribution in [2.75, 3.05) is 26.9 Å². The molecule has 1 saturated heterocycles. The molecule has 1 amide bonds. The van der Waals surface area contributed by atoms with E-state index < -0.39 is 0 Å². The number of hydrogen-bond acceptors (Lipinski definition) is 4. The standard InChI is InChI=1S/C16H20N2O3/c1-18(10-14-5-2-4-13(8-14)9-17)16(19)12-20-11-15-6-3-7-21-15/h2,4-5,8,15H,3,6-7,10-12H2,1H3. The van der Waals surface area contributed by atoms with E-state index in [0.29, 0.717) is 18.7 Å². The summed E-state index contributed by atoms with van der Waals surface area (Å²) < 4.78 is 10.9. The molecule has 5 heteroatoms. The van der Waals surface area contributed by atoms with E-state index in [1.807, 2.05) is 12.1 Å². The van der Waals surface area contributed by atoms with Crippen LogP contribution in [0.4, 0.5) is 0 Å². The van der Waals surface area contributed by atoms with Crippen LogP contribution in [0.3, 0.4) is 0 Å². The summed E-state index contributed by atoms with van der Waals surface area (Å²) in [5.41, 5.74) is 1.53. The second kappa shape index (κ2) is 7.77. The van der Waals surface area contributed by atoms with Crippen LogP contribution in [0, 0.1) is 11.3 Å². The Morgan fingerprint density at radius 2 is 2.43 bits per heavy atom. The van der Waals surface area contributed by atoms with Crippen molar-refractivity contribution >= 4 is 5.91 Å². The zero-order chi connectivity index (χ0) is 15.1. The number of benzene rings is 1. The molecule has 1 heterocycles. The maximum atomic E-state index is 12.0. The van der Waals surface area contributed by atoms with E-state index in [4.69, 9.17) is 14.7 Å². The van der Waals surface area contributed by atoms with E-state index in [0.717, 1.165) is 25.0 Å². The predicted molar refractivity (Wildman–Crippen MR) is 77.4 cm³/mol. The van der Waals surface area contributed by atoms with Crippen molar-refractivity contribution in [3.05, 3.63) is 35.4 Å². The topological polar surface area (TPSA) is 62.6 Å². The summed E-state index contributed by atoms with van der Waals surface area (Å²) in [5, 5.41) is 8.86. The molecule has 0 radical (unpaired) electrons. The number of amides is 1. The Bertz CT molecular complexity index is 518. The van der Waals surface area contributed by atoms with Crippen LogP contribution in [0.1, 0.15) is 24.0 Å². The lowest BCUT2D eigenvalue weighted by Gasteiger charge is -2.18. The molecule has 1 fully saturated rings. The second-order valence-electron chi connectivity index (χ2n) is 5.21. The van der Waals surface area contributed by atoms with Gasteiger partial charge in [0.1, 0.15) is 6.61 Å². The Labute approximate surface area is 125 Å². The molecule has 0 saturated carbocycles. The molecule has 2 rings (SSSR count). The molecule has 0 spiro atoms. The quantitative estimate of drug-likeness (QED) is 0.799. The van der Waals surface area contributed by atoms with Gasteiger partial charge < -0.3 is 14.4 Å². The molecule has 5 nitrogen and oxygen atoms in total. The number of rotatable bonds is 6. The molecule has 0 bridgehead atoms. The molecular weight excluding hydrogens is 268 g/mol. The van der Waals surface area contributed by atoms with Gasteiger partial charge >= 0.3 is 0 Å². The van der Waals surface area contributed by atoms with E-state index in [1.54, 1.807) is 24.1 Å². The number of nitrogens with zero attached hydrogens (tertiary/aromatic N) is 2. The molecule has 1 unspecified atom stereocenters. The van der Waals surface area contributed by atoms with Crippen molar-refractivity contribution in [3.63, 3.8) is 0 Å². The van der Waals surface area contributed by atoms with Crippen LogP contribution in [-0.4, -0.2) is 43.8 Å². The van der Waals surface area contributed by atoms with Gasteiger partial charge in [0.15, 0.2) is 0 Å². The third-order valence-corrected chi connectivity index (χ3v) is 3.45. The van der Waals surface area contributed by atoms with Gasteiger partial charge in [-0.15, -0.1) is 0 Å². The number of ether oxygens (including phenoxy) is 2. The van der Waals surface area contributed by atoms with Gasteiger partial charge in [-0.3, -0.25) is 4.79 Å². The van der Waals surface area contributed by atoms with E-state index in [1.165, 1.54) is 0 Å². The summed E-state index contributed by atoms with van der Waals surface area (Å²) in [6, 6.07) is 9.35. The molecule has 1 aliphatic rings. The minimum atomic E-state index is -0.0737. The first-order chi connectivity index (χ1) is 10.2. The number of carbonyl (C=O) groups excluding carboxylic acids is 1. The van der Waals surface area contributed by atoms with Crippen LogP contribution in [-0.2, 0) is 20.8 Å². The molecule has 0 aliphatic carbocycles. The Morgan fingerprint density at radius 3 is 3.14 bits per heavy atom. The molecular formula is C16H20N2O3. The average molecular weight is 288 g/mol. The Kier molecular flexibility index (Phi) is 5.73. The van der Waals surface area contributed by atoms with E-state index in [2.05, 4.69) is 6.07 Å². The molecule has 0 N–H and O–H groups in total. The molecule has 21 heavy (non-hydrogen) atoms. The summed E-state index contributed by atoms with van der Waals surface area (Å²) >= 11 is 0. The van der Waals surface area contributed by atoms with Crippen molar-refractivity contribution in [2.45, 2.75) is 25.5 Å². The van der Waals surface area contributed by atoms with Crippen LogP contribution >= 0.6 is 0 Å². The summed E-state index contributed by atoms with van der Waals surface area (Å²) in [5.74, 6) is -0.0737. The molecule has 1 aromatic carbocycles. The van der Waals surface area contributed by atoms with Gasteiger partial charge in [-0.25, -0.2) is 0 Å². The number of nitriles is 1. The van der Waals surface area contributed by atoms with Crippen molar-refractivity contribution in [1.82, 2.24) is 4.90 Å². The van der Waals surface area contributed by atoms with Crippen LogP contribution in [0.15, 0.2) is 24.3 Å². The number of hydrogen-bond donors (Lipinski definition) is 0. The van der Waals surface area contributed by atoms with Gasteiger partial charge in [-0.2, -0.15) is 5.26 Å². The Hall–Kier alpha value is -1.90. The largest absolute Gasteiger partial charge is 0.376 e. The number of likely N-dealkylation sites (N-methyl/N-ethyl adjacent to an activating group) is 1. The molecule has 112 valence electrons. The smallest absolute Gasteiger partial charge is 0.248 e. The summed E-state index contributed by atoms with van der Waals surface area (Å²) in [6.45, 7) is 1.80. The highest BCUT2D eigenvalue weighted by Gasteiger charge is 2.17. The lowest BCUT2D eigenvalue weighted by atomic mass is 10.1. The fraction of sp³-hybridized carbons (Fsp3) is 0.500. The predicted octanol–water partition coefficient (Wildman–Crippen LogP) is 1.71. The SMILES string of the molecule is CN(Cc1cccc(C#N)c1)C(=O)COCC1CCCO1. The first-order valence-corrected chi connectivity index (χ1v) is 7.11. The summed E-state index contributed by atoms with van der Waals surface area (Å²) in [6.07, 6.45) is 2.21. The monoisotopic (exact) mass is 288 g/mol. The van der Waals surface area contributed by atoms with Gasteiger partial charge in [0.05, 0.1) is 24.3 Å². The zero-order valence-electron chi connectivity index (χ0n) is 12.2. The highest BCUT2D eigenvalue weighted by Crippen LogP contribution is 2.12. The molecule has 1 aromatic rings. The first-order valence-electron chi connectivity index (χ1n) is 7.11. The summed E-state index contributed by atoms with van der Waals surface area (Å²) in [4.78, 5) is 13.6. The number of carbonyl (C=O) groups is 1. The molecule has 0 aromatic heterocycles. The van der Waals surface area contributed by atoms with Crippen molar-refractivity contribution < 1.29 is 14.3 Å². The fourth-order valence-electron chi connectivity index (χ4n) is 2.26. The van der Waals surface area contributed by atoms with Gasteiger partial charge in [0, 0.05) is 20.2 Å². The zero-order valence-corrected chi connectivity index (χ0v) is 12.2. The van der Waals surface area contributed by atoms with Gasteiger partial charge in [-0.1, -0.05) is 12.1 Å². The van der Waals surface area contributed by atoms with Crippen molar-refractivity contribution in [3.8, 4) is 6.07 Å². The molecule has 1 atom stereocenters. The van der Waals surface area contributed by atoms with Crippen LogP contribution < -0.4 is 0 Å².